The van der Waals surface area contributed by atoms with E-state index in [0.29, 0.717) is 4.90 Å². The standard InChI is InChI=1S/C26H17N3O11/c30-21(15-6-10-18(11-7-15)40-26(34)16-4-8-17(9-5-16)28(35)36)14-39-22(31)12-13-27-24(32)19-2-1-3-20(29(37)38)23(19)25(27)33/h1-11H,12-14H2. The van der Waals surface area contributed by atoms with Gasteiger partial charge in [-0.15, -0.1) is 0 Å². The van der Waals surface area contributed by atoms with Gasteiger partial charge in [-0.3, -0.25) is 44.3 Å². The van der Waals surface area contributed by atoms with Gasteiger partial charge in [0.1, 0.15) is 11.3 Å². The number of Topliss-reactive ketones (excluding diaryl/α,β-unsaturated/α-hetero) is 1. The van der Waals surface area contributed by atoms with Crippen molar-refractivity contribution < 1.29 is 43.3 Å². The Morgan fingerprint density at radius 2 is 1.45 bits per heavy atom. The van der Waals surface area contributed by atoms with Gasteiger partial charge in [-0.1, -0.05) is 6.07 Å². The molecule has 3 aromatic rings. The maximum Gasteiger partial charge on any atom is 0.343 e. The molecule has 0 bridgehead atoms. The average Bonchev–Trinajstić information content (AvgIpc) is 3.19. The van der Waals surface area contributed by atoms with Gasteiger partial charge in [-0.05, 0) is 42.5 Å². The van der Waals surface area contributed by atoms with Gasteiger partial charge in [0.25, 0.3) is 23.2 Å². The van der Waals surface area contributed by atoms with Crippen molar-refractivity contribution >= 4 is 40.9 Å². The van der Waals surface area contributed by atoms with Crippen molar-refractivity contribution in [1.29, 1.82) is 0 Å². The molecule has 1 aliphatic heterocycles. The first-order valence-electron chi connectivity index (χ1n) is 11.5. The van der Waals surface area contributed by atoms with Crippen LogP contribution in [0.2, 0.25) is 0 Å². The number of carbonyl (C=O) groups excluding carboxylic acids is 5. The number of amides is 2. The lowest BCUT2D eigenvalue weighted by atomic mass is 10.1. The number of non-ortho nitro benzene ring substituents is 1. The summed E-state index contributed by atoms with van der Waals surface area (Å²) in [5.74, 6) is -3.81. The van der Waals surface area contributed by atoms with Crippen LogP contribution in [0.15, 0.2) is 66.7 Å². The molecule has 40 heavy (non-hydrogen) atoms. The fourth-order valence-corrected chi connectivity index (χ4v) is 3.77. The van der Waals surface area contributed by atoms with Gasteiger partial charge < -0.3 is 9.47 Å². The van der Waals surface area contributed by atoms with Crippen LogP contribution in [0.4, 0.5) is 11.4 Å². The van der Waals surface area contributed by atoms with Crippen LogP contribution in [0.3, 0.4) is 0 Å². The van der Waals surface area contributed by atoms with E-state index in [1.807, 2.05) is 0 Å². The Kier molecular flexibility index (Phi) is 7.70. The molecule has 3 aromatic carbocycles. The summed E-state index contributed by atoms with van der Waals surface area (Å²) in [6, 6.07) is 13.8. The topological polar surface area (TPSA) is 193 Å². The molecule has 0 spiro atoms. The number of ketones is 1. The van der Waals surface area contributed by atoms with Crippen molar-refractivity contribution in [1.82, 2.24) is 4.90 Å². The number of rotatable bonds is 10. The lowest BCUT2D eigenvalue weighted by molar-refractivity contribution is -0.385. The number of fused-ring (bicyclic) bond motifs is 1. The summed E-state index contributed by atoms with van der Waals surface area (Å²) in [5.41, 5.74) is -0.964. The van der Waals surface area contributed by atoms with Gasteiger partial charge in [0.2, 0.25) is 0 Å². The van der Waals surface area contributed by atoms with Crippen LogP contribution >= 0.6 is 0 Å². The zero-order chi connectivity index (χ0) is 29.0. The smallest absolute Gasteiger partial charge is 0.343 e. The number of benzene rings is 3. The Bertz CT molecular complexity index is 1560. The molecule has 202 valence electrons. The van der Waals surface area contributed by atoms with Crippen molar-refractivity contribution in [2.24, 2.45) is 0 Å². The number of carbonyl (C=O) groups is 5. The second-order valence-corrected chi connectivity index (χ2v) is 8.27. The molecule has 14 nitrogen and oxygen atoms in total. The molecule has 1 heterocycles. The average molecular weight is 547 g/mol. The number of ether oxygens (including phenoxy) is 2. The molecule has 0 saturated heterocycles. The molecular formula is C26H17N3O11. The fraction of sp³-hybridized carbons (Fsp3) is 0.115. The molecule has 0 radical (unpaired) electrons. The number of hydrogen-bond donors (Lipinski definition) is 0. The van der Waals surface area contributed by atoms with E-state index in [4.69, 9.17) is 9.47 Å². The first kappa shape index (κ1) is 27.3. The van der Waals surface area contributed by atoms with E-state index >= 15 is 0 Å². The predicted molar refractivity (Wildman–Crippen MR) is 133 cm³/mol. The van der Waals surface area contributed by atoms with E-state index in [9.17, 15) is 44.2 Å². The van der Waals surface area contributed by atoms with Gasteiger partial charge in [0, 0.05) is 30.3 Å². The Labute approximate surface area is 224 Å². The number of hydrogen-bond acceptors (Lipinski definition) is 11. The summed E-state index contributed by atoms with van der Waals surface area (Å²) in [4.78, 5) is 83.0. The Hall–Kier alpha value is -5.79. The first-order valence-corrected chi connectivity index (χ1v) is 11.5. The summed E-state index contributed by atoms with van der Waals surface area (Å²) in [5, 5.41) is 21.9. The number of nitrogens with zero attached hydrogens (tertiary/aromatic N) is 3. The van der Waals surface area contributed by atoms with Crippen molar-refractivity contribution in [2.75, 3.05) is 13.2 Å². The highest BCUT2D eigenvalue weighted by atomic mass is 16.6. The molecule has 4 rings (SSSR count). The van der Waals surface area contributed by atoms with Crippen LogP contribution in [0.5, 0.6) is 5.75 Å². The third-order valence-corrected chi connectivity index (χ3v) is 5.78. The third kappa shape index (κ3) is 5.70. The lowest BCUT2D eigenvalue weighted by Gasteiger charge is -2.13. The molecule has 0 unspecified atom stereocenters. The summed E-state index contributed by atoms with van der Waals surface area (Å²) in [6.45, 7) is -1.04. The van der Waals surface area contributed by atoms with E-state index in [1.165, 1.54) is 48.5 Å². The highest BCUT2D eigenvalue weighted by molar-refractivity contribution is 6.23. The number of nitro groups is 2. The van der Waals surface area contributed by atoms with E-state index < -0.39 is 64.6 Å². The molecule has 14 heteroatoms. The Morgan fingerprint density at radius 1 is 0.800 bits per heavy atom. The first-order chi connectivity index (χ1) is 19.1. The summed E-state index contributed by atoms with van der Waals surface area (Å²) < 4.78 is 10.1. The van der Waals surface area contributed by atoms with Gasteiger partial charge >= 0.3 is 11.9 Å². The lowest BCUT2D eigenvalue weighted by Crippen LogP contribution is -2.32. The molecule has 0 saturated carbocycles. The summed E-state index contributed by atoms with van der Waals surface area (Å²) in [7, 11) is 0. The minimum absolute atomic E-state index is 0.0806. The normalized spacial score (nSPS) is 12.1. The fourth-order valence-electron chi connectivity index (χ4n) is 3.77. The molecule has 1 aliphatic rings. The summed E-state index contributed by atoms with van der Waals surface area (Å²) in [6.07, 6.45) is -0.440. The van der Waals surface area contributed by atoms with Gasteiger partial charge in [-0.2, -0.15) is 0 Å². The minimum atomic E-state index is -0.898. The Morgan fingerprint density at radius 3 is 2.08 bits per heavy atom. The quantitative estimate of drug-likeness (QED) is 0.0903. The molecule has 0 aromatic heterocycles. The van der Waals surface area contributed by atoms with E-state index in [2.05, 4.69) is 0 Å². The number of nitro benzene ring substituents is 2. The zero-order valence-corrected chi connectivity index (χ0v) is 20.3. The van der Waals surface area contributed by atoms with Crippen molar-refractivity contribution in [3.63, 3.8) is 0 Å². The predicted octanol–water partition coefficient (Wildman–Crippen LogP) is 3.13. The monoisotopic (exact) mass is 547 g/mol. The van der Waals surface area contributed by atoms with Gasteiger partial charge in [-0.25, -0.2) is 4.79 Å². The molecule has 0 atom stereocenters. The highest BCUT2D eigenvalue weighted by Crippen LogP contribution is 2.30. The molecule has 0 fully saturated rings. The second-order valence-electron chi connectivity index (χ2n) is 8.27. The minimum Gasteiger partial charge on any atom is -0.457 e. The van der Waals surface area contributed by atoms with Gasteiger partial charge in [0.05, 0.1) is 27.4 Å². The molecule has 2 amide bonds. The third-order valence-electron chi connectivity index (χ3n) is 5.78. The van der Waals surface area contributed by atoms with Crippen molar-refractivity contribution in [3.05, 3.63) is 109 Å². The summed E-state index contributed by atoms with van der Waals surface area (Å²) >= 11 is 0. The number of esters is 2. The van der Waals surface area contributed by atoms with Crippen LogP contribution in [0.1, 0.15) is 47.9 Å². The molecule has 0 aliphatic carbocycles. The molecule has 0 N–H and O–H groups in total. The molecular weight excluding hydrogens is 530 g/mol. The Balaban J connectivity index is 1.27. The van der Waals surface area contributed by atoms with E-state index in [0.717, 1.165) is 18.2 Å². The van der Waals surface area contributed by atoms with Crippen LogP contribution < -0.4 is 4.74 Å². The van der Waals surface area contributed by atoms with Crippen LogP contribution in [-0.4, -0.2) is 57.4 Å². The van der Waals surface area contributed by atoms with Crippen LogP contribution in [0, 0.1) is 20.2 Å². The van der Waals surface area contributed by atoms with Crippen LogP contribution in [0.25, 0.3) is 0 Å². The van der Waals surface area contributed by atoms with Gasteiger partial charge in [0.15, 0.2) is 12.4 Å². The zero-order valence-electron chi connectivity index (χ0n) is 20.3. The maximum atomic E-state index is 12.5. The maximum absolute atomic E-state index is 12.5. The van der Waals surface area contributed by atoms with Crippen LogP contribution in [-0.2, 0) is 9.53 Å². The largest absolute Gasteiger partial charge is 0.457 e. The highest BCUT2D eigenvalue weighted by Gasteiger charge is 2.40. The van der Waals surface area contributed by atoms with E-state index in [-0.39, 0.29) is 33.7 Å². The van der Waals surface area contributed by atoms with Crippen molar-refractivity contribution in [2.45, 2.75) is 6.42 Å². The SMILES string of the molecule is O=C(CCN1C(=O)c2cccc([N+](=O)[O-])c2C1=O)OCC(=O)c1ccc(OC(=O)c2ccc([N+](=O)[O-])cc2)cc1. The number of imide groups is 1. The second kappa shape index (κ2) is 11.3. The van der Waals surface area contributed by atoms with E-state index in [1.54, 1.807) is 0 Å². The van der Waals surface area contributed by atoms with Crippen molar-refractivity contribution in [3.8, 4) is 5.75 Å².